The summed E-state index contributed by atoms with van der Waals surface area (Å²) in [6.07, 6.45) is 1.60. The van der Waals surface area contributed by atoms with Crippen LogP contribution in [0.5, 0.6) is 0 Å². The van der Waals surface area contributed by atoms with E-state index in [1.54, 1.807) is 12.3 Å². The van der Waals surface area contributed by atoms with Crippen LogP contribution in [-0.2, 0) is 0 Å². The monoisotopic (exact) mass is 195 g/mol. The fraction of sp³-hybridized carbons (Fsp3) is 0.0833. The number of benzene rings is 1. The summed E-state index contributed by atoms with van der Waals surface area (Å²) in [7, 11) is 0. The Bertz CT molecular complexity index is 509. The van der Waals surface area contributed by atoms with Gasteiger partial charge in [-0.05, 0) is 13.0 Å². The van der Waals surface area contributed by atoms with E-state index in [0.29, 0.717) is 11.5 Å². The second kappa shape index (κ2) is 3.89. The molecule has 0 aliphatic rings. The first-order chi connectivity index (χ1) is 7.29. The lowest BCUT2D eigenvalue weighted by molar-refractivity contribution is 1.15. The molecule has 72 valence electrons. The number of aromatic nitrogens is 2. The van der Waals surface area contributed by atoms with E-state index >= 15 is 0 Å². The molecule has 1 aromatic heterocycles. The molecule has 3 heteroatoms. The molecule has 0 radical (unpaired) electrons. The van der Waals surface area contributed by atoms with E-state index in [0.717, 1.165) is 5.56 Å². The normalized spacial score (nSPS) is 9.60. The quantitative estimate of drug-likeness (QED) is 0.701. The largest absolute Gasteiger partial charge is 0.236 e. The molecular formula is C12H9N3. The Hall–Kier alpha value is -2.21. The van der Waals surface area contributed by atoms with Crippen molar-refractivity contribution in [2.45, 2.75) is 6.92 Å². The molecule has 0 unspecified atom stereocenters. The predicted molar refractivity (Wildman–Crippen MR) is 56.9 cm³/mol. The van der Waals surface area contributed by atoms with Crippen LogP contribution in [0.25, 0.3) is 11.4 Å². The molecule has 0 aliphatic heterocycles. The minimum Gasteiger partial charge on any atom is -0.236 e. The third-order valence-corrected chi connectivity index (χ3v) is 2.08. The topological polar surface area (TPSA) is 49.6 Å². The van der Waals surface area contributed by atoms with Gasteiger partial charge in [-0.3, -0.25) is 0 Å². The van der Waals surface area contributed by atoms with Crippen LogP contribution in [0.3, 0.4) is 0 Å². The van der Waals surface area contributed by atoms with E-state index in [1.165, 1.54) is 5.56 Å². The van der Waals surface area contributed by atoms with Crippen LogP contribution < -0.4 is 0 Å². The van der Waals surface area contributed by atoms with Crippen LogP contribution in [0.4, 0.5) is 0 Å². The average Bonchev–Trinajstić information content (AvgIpc) is 2.30. The van der Waals surface area contributed by atoms with Gasteiger partial charge in [0.2, 0.25) is 0 Å². The molecule has 0 spiro atoms. The first-order valence-electron chi connectivity index (χ1n) is 4.60. The lowest BCUT2D eigenvalue weighted by Gasteiger charge is -1.99. The van der Waals surface area contributed by atoms with Gasteiger partial charge in [0.1, 0.15) is 11.8 Å². The van der Waals surface area contributed by atoms with Crippen molar-refractivity contribution in [1.82, 2.24) is 9.97 Å². The SMILES string of the molecule is Cc1ccc(-c2nccc(C#N)n2)cc1. The molecule has 2 aromatic rings. The van der Waals surface area contributed by atoms with Crippen molar-refractivity contribution in [2.75, 3.05) is 0 Å². The molecule has 0 N–H and O–H groups in total. The predicted octanol–water partition coefficient (Wildman–Crippen LogP) is 2.32. The number of rotatable bonds is 1. The first kappa shape index (κ1) is 9.35. The van der Waals surface area contributed by atoms with Crippen LogP contribution in [0.15, 0.2) is 36.5 Å². The zero-order valence-electron chi connectivity index (χ0n) is 8.31. The molecule has 1 heterocycles. The fourth-order valence-corrected chi connectivity index (χ4v) is 1.26. The van der Waals surface area contributed by atoms with Gasteiger partial charge < -0.3 is 0 Å². The van der Waals surface area contributed by atoms with Crippen molar-refractivity contribution in [1.29, 1.82) is 5.26 Å². The van der Waals surface area contributed by atoms with Crippen LogP contribution in [0.1, 0.15) is 11.3 Å². The van der Waals surface area contributed by atoms with Gasteiger partial charge in [0.05, 0.1) is 0 Å². The maximum atomic E-state index is 8.71. The van der Waals surface area contributed by atoms with Crippen molar-refractivity contribution in [3.05, 3.63) is 47.8 Å². The Balaban J connectivity index is 2.46. The number of aryl methyl sites for hydroxylation is 1. The summed E-state index contributed by atoms with van der Waals surface area (Å²) in [6, 6.07) is 11.5. The van der Waals surface area contributed by atoms with E-state index in [-0.39, 0.29) is 0 Å². The number of hydrogen-bond acceptors (Lipinski definition) is 3. The summed E-state index contributed by atoms with van der Waals surface area (Å²) in [5.74, 6) is 0.592. The maximum Gasteiger partial charge on any atom is 0.160 e. The van der Waals surface area contributed by atoms with Crippen molar-refractivity contribution >= 4 is 0 Å². The minimum absolute atomic E-state index is 0.389. The third kappa shape index (κ3) is 2.00. The fourth-order valence-electron chi connectivity index (χ4n) is 1.26. The van der Waals surface area contributed by atoms with Gasteiger partial charge in [0, 0.05) is 11.8 Å². The molecule has 0 saturated heterocycles. The van der Waals surface area contributed by atoms with Crippen molar-refractivity contribution < 1.29 is 0 Å². The highest BCUT2D eigenvalue weighted by molar-refractivity contribution is 5.55. The van der Waals surface area contributed by atoms with E-state index in [4.69, 9.17) is 5.26 Å². The van der Waals surface area contributed by atoms with Crippen molar-refractivity contribution in [2.24, 2.45) is 0 Å². The van der Waals surface area contributed by atoms with Crippen molar-refractivity contribution in [3.8, 4) is 17.5 Å². The Morgan fingerprint density at radius 1 is 1.13 bits per heavy atom. The van der Waals surface area contributed by atoms with Gasteiger partial charge in [0.15, 0.2) is 5.82 Å². The van der Waals surface area contributed by atoms with Gasteiger partial charge in [0.25, 0.3) is 0 Å². The summed E-state index contributed by atoms with van der Waals surface area (Å²) in [6.45, 7) is 2.02. The highest BCUT2D eigenvalue weighted by Gasteiger charge is 2.01. The Morgan fingerprint density at radius 2 is 1.87 bits per heavy atom. The van der Waals surface area contributed by atoms with Gasteiger partial charge in [-0.2, -0.15) is 5.26 Å². The highest BCUT2D eigenvalue weighted by Crippen LogP contribution is 2.14. The van der Waals surface area contributed by atoms with Gasteiger partial charge in [-0.15, -0.1) is 0 Å². The third-order valence-electron chi connectivity index (χ3n) is 2.08. The van der Waals surface area contributed by atoms with E-state index in [9.17, 15) is 0 Å². The molecule has 0 aliphatic carbocycles. The smallest absolute Gasteiger partial charge is 0.160 e. The molecule has 0 fully saturated rings. The lowest BCUT2D eigenvalue weighted by Crippen LogP contribution is -1.91. The maximum absolute atomic E-state index is 8.71. The second-order valence-electron chi connectivity index (χ2n) is 3.24. The number of hydrogen-bond donors (Lipinski definition) is 0. The molecule has 3 nitrogen and oxygen atoms in total. The van der Waals surface area contributed by atoms with Gasteiger partial charge >= 0.3 is 0 Å². The van der Waals surface area contributed by atoms with Crippen LogP contribution in [0.2, 0.25) is 0 Å². The molecule has 0 saturated carbocycles. The summed E-state index contributed by atoms with van der Waals surface area (Å²) >= 11 is 0. The molecule has 1 aromatic carbocycles. The first-order valence-corrected chi connectivity index (χ1v) is 4.60. The van der Waals surface area contributed by atoms with Crippen LogP contribution >= 0.6 is 0 Å². The Morgan fingerprint density at radius 3 is 2.53 bits per heavy atom. The van der Waals surface area contributed by atoms with Gasteiger partial charge in [-0.1, -0.05) is 29.8 Å². The van der Waals surface area contributed by atoms with Crippen LogP contribution in [0, 0.1) is 18.3 Å². The number of nitriles is 1. The average molecular weight is 195 g/mol. The summed E-state index contributed by atoms with van der Waals surface area (Å²) in [4.78, 5) is 8.24. The minimum atomic E-state index is 0.389. The van der Waals surface area contributed by atoms with E-state index in [2.05, 4.69) is 9.97 Å². The molecule has 2 rings (SSSR count). The Labute approximate surface area is 88.1 Å². The summed E-state index contributed by atoms with van der Waals surface area (Å²) < 4.78 is 0. The zero-order chi connectivity index (χ0) is 10.7. The second-order valence-corrected chi connectivity index (χ2v) is 3.24. The summed E-state index contributed by atoms with van der Waals surface area (Å²) in [5.41, 5.74) is 2.51. The van der Waals surface area contributed by atoms with Gasteiger partial charge in [-0.25, -0.2) is 9.97 Å². The lowest BCUT2D eigenvalue weighted by atomic mass is 10.1. The van der Waals surface area contributed by atoms with Crippen LogP contribution in [-0.4, -0.2) is 9.97 Å². The molecule has 0 amide bonds. The molecule has 15 heavy (non-hydrogen) atoms. The van der Waals surface area contributed by atoms with Crippen molar-refractivity contribution in [3.63, 3.8) is 0 Å². The zero-order valence-corrected chi connectivity index (χ0v) is 8.31. The number of nitrogens with zero attached hydrogens (tertiary/aromatic N) is 3. The standard InChI is InChI=1S/C12H9N3/c1-9-2-4-10(5-3-9)12-14-7-6-11(8-13)15-12/h2-7H,1H3. The molecule has 0 atom stereocenters. The summed E-state index contributed by atoms with van der Waals surface area (Å²) in [5, 5.41) is 8.71. The molecular weight excluding hydrogens is 186 g/mol. The Kier molecular flexibility index (Phi) is 2.42. The van der Waals surface area contributed by atoms with E-state index < -0.39 is 0 Å². The van der Waals surface area contributed by atoms with E-state index in [1.807, 2.05) is 37.3 Å². The highest BCUT2D eigenvalue weighted by atomic mass is 14.9. The molecule has 0 bridgehead atoms.